The molecule has 12 heteroatoms. The van der Waals surface area contributed by atoms with Crippen LogP contribution in [-0.4, -0.2) is 42.4 Å². The Hall–Kier alpha value is -2.86. The summed E-state index contributed by atoms with van der Waals surface area (Å²) in [7, 11) is 0. The number of hydrogen-bond acceptors (Lipinski definition) is 10. The number of rotatable bonds is 4. The fraction of sp³-hybridized carbons (Fsp3) is 0.300. The zero-order valence-corrected chi connectivity index (χ0v) is 18.9. The molecule has 2 atom stereocenters. The van der Waals surface area contributed by atoms with E-state index in [0.717, 1.165) is 23.2 Å². The van der Waals surface area contributed by atoms with E-state index in [-0.39, 0.29) is 30.0 Å². The molecular weight excluding hydrogens is 454 g/mol. The minimum atomic E-state index is -0.431. The summed E-state index contributed by atoms with van der Waals surface area (Å²) >= 11 is 7.32. The molecule has 1 saturated heterocycles. The van der Waals surface area contributed by atoms with Gasteiger partial charge in [-0.25, -0.2) is 9.78 Å². The number of ether oxygens (including phenoxy) is 1. The number of nitrogen functional groups attached to an aromatic ring is 3. The third-order valence-electron chi connectivity index (χ3n) is 4.54. The number of benzene rings is 1. The predicted octanol–water partition coefficient (Wildman–Crippen LogP) is 1.93. The highest BCUT2D eigenvalue weighted by atomic mass is 35.5. The highest BCUT2D eigenvalue weighted by molar-refractivity contribution is 8.00. The van der Waals surface area contributed by atoms with Crippen molar-refractivity contribution < 1.29 is 9.84 Å². The maximum Gasteiger partial charge on any atom is 0.351 e. The molecule has 3 heterocycles. The molecule has 0 radical (unpaired) electrons. The second-order valence-electron chi connectivity index (χ2n) is 6.73. The summed E-state index contributed by atoms with van der Waals surface area (Å²) in [5.74, 6) is 1.42. The van der Waals surface area contributed by atoms with Gasteiger partial charge >= 0.3 is 5.69 Å². The lowest BCUT2D eigenvalue weighted by Crippen LogP contribution is -2.28. The third kappa shape index (κ3) is 5.68. The van der Waals surface area contributed by atoms with Crippen molar-refractivity contribution in [1.82, 2.24) is 19.5 Å². The van der Waals surface area contributed by atoms with Crippen LogP contribution in [-0.2, 0) is 11.2 Å². The molecule has 10 nitrogen and oxygen atoms in total. The van der Waals surface area contributed by atoms with Gasteiger partial charge < -0.3 is 27.0 Å². The van der Waals surface area contributed by atoms with E-state index in [0.29, 0.717) is 16.6 Å². The Bertz CT molecular complexity index is 1130. The molecular formula is C20H24ClN7O3S. The topological polar surface area (TPSA) is 168 Å². The van der Waals surface area contributed by atoms with Crippen molar-refractivity contribution in [2.45, 2.75) is 25.0 Å². The van der Waals surface area contributed by atoms with Gasteiger partial charge in [0.25, 0.3) is 0 Å². The van der Waals surface area contributed by atoms with Crippen LogP contribution in [0.4, 0.5) is 17.6 Å². The molecule has 0 bridgehead atoms. The minimum absolute atomic E-state index is 0.0572. The summed E-state index contributed by atoms with van der Waals surface area (Å²) in [5.41, 5.74) is 18.8. The second kappa shape index (κ2) is 10.6. The molecule has 3 aromatic rings. The number of aromatic nitrogens is 4. The van der Waals surface area contributed by atoms with Gasteiger partial charge in [0.05, 0.1) is 12.3 Å². The quantitative estimate of drug-likeness (QED) is 0.435. The maximum atomic E-state index is 11.4. The van der Waals surface area contributed by atoms with Gasteiger partial charge in [0.2, 0.25) is 5.95 Å². The summed E-state index contributed by atoms with van der Waals surface area (Å²) < 4.78 is 6.79. The van der Waals surface area contributed by atoms with Crippen molar-refractivity contribution in [2.75, 3.05) is 29.6 Å². The van der Waals surface area contributed by atoms with Crippen LogP contribution in [0.3, 0.4) is 0 Å². The Morgan fingerprint density at radius 2 is 1.91 bits per heavy atom. The number of hydrogen-bond donors (Lipinski definition) is 4. The second-order valence-corrected chi connectivity index (χ2v) is 8.36. The number of nitrogens with two attached hydrogens (primary N) is 3. The summed E-state index contributed by atoms with van der Waals surface area (Å²) in [6.45, 7) is 1.94. The summed E-state index contributed by atoms with van der Waals surface area (Å²) in [5, 5.41) is 9.56. The van der Waals surface area contributed by atoms with E-state index < -0.39 is 5.69 Å². The highest BCUT2D eigenvalue weighted by Gasteiger charge is 2.27. The van der Waals surface area contributed by atoms with E-state index in [1.165, 1.54) is 16.3 Å². The van der Waals surface area contributed by atoms with Crippen molar-refractivity contribution in [3.05, 3.63) is 57.7 Å². The standard InChI is InChI=1S/C12H13ClN4.C8H11N3O3S/c1-2-9-10(11(14)17-12(15)16-9)7-3-5-8(13)6-4-7;9-5-1-2-11(8(13)10-5)6-4-15-7(3-12)14-6/h3-6H,2H2,1H3,(H4,14,15,16,17);1-2,6-7,12H,3-4H2,(H2,9,10,13)/t;6-,7+/m.0/s1. The maximum absolute atomic E-state index is 11.4. The van der Waals surface area contributed by atoms with E-state index in [2.05, 4.69) is 15.0 Å². The van der Waals surface area contributed by atoms with Crippen LogP contribution in [0.25, 0.3) is 11.1 Å². The molecule has 7 N–H and O–H groups in total. The number of anilines is 3. The average molecular weight is 478 g/mol. The smallest absolute Gasteiger partial charge is 0.351 e. The molecule has 1 aliphatic rings. The summed E-state index contributed by atoms with van der Waals surface area (Å²) in [4.78, 5) is 23.2. The Morgan fingerprint density at radius 1 is 1.19 bits per heavy atom. The van der Waals surface area contributed by atoms with Gasteiger partial charge in [0.1, 0.15) is 23.3 Å². The number of aliphatic hydroxyl groups excluding tert-OH is 1. The van der Waals surface area contributed by atoms with Crippen LogP contribution in [0.15, 0.2) is 41.3 Å². The minimum Gasteiger partial charge on any atom is -0.393 e. The molecule has 0 spiro atoms. The van der Waals surface area contributed by atoms with E-state index >= 15 is 0 Å². The van der Waals surface area contributed by atoms with Crippen LogP contribution >= 0.6 is 23.4 Å². The Morgan fingerprint density at radius 3 is 2.50 bits per heavy atom. The lowest BCUT2D eigenvalue weighted by molar-refractivity contribution is -0.00629. The fourth-order valence-electron chi connectivity index (χ4n) is 3.06. The molecule has 2 aromatic heterocycles. The SMILES string of the molecule is CCc1nc(N)nc(N)c1-c1ccc(Cl)cc1.Nc1ccn([C@@H]2CS[C@H](CO)O2)c(=O)n1. The highest BCUT2D eigenvalue weighted by Crippen LogP contribution is 2.30. The van der Waals surface area contributed by atoms with Gasteiger partial charge in [-0.3, -0.25) is 4.57 Å². The molecule has 1 fully saturated rings. The van der Waals surface area contributed by atoms with Crippen LogP contribution in [0, 0.1) is 0 Å². The first kappa shape index (κ1) is 23.8. The third-order valence-corrected chi connectivity index (χ3v) is 5.90. The lowest BCUT2D eigenvalue weighted by atomic mass is 10.0. The molecule has 0 unspecified atom stereocenters. The zero-order valence-electron chi connectivity index (χ0n) is 17.3. The first-order valence-electron chi connectivity index (χ1n) is 9.72. The zero-order chi connectivity index (χ0) is 23.3. The van der Waals surface area contributed by atoms with Crippen molar-refractivity contribution in [3.8, 4) is 11.1 Å². The van der Waals surface area contributed by atoms with Crippen molar-refractivity contribution >= 4 is 40.9 Å². The molecule has 32 heavy (non-hydrogen) atoms. The van der Waals surface area contributed by atoms with Crippen LogP contribution in [0.1, 0.15) is 18.8 Å². The Balaban J connectivity index is 0.000000182. The van der Waals surface area contributed by atoms with Crippen LogP contribution < -0.4 is 22.9 Å². The van der Waals surface area contributed by atoms with Gasteiger partial charge in [-0.15, -0.1) is 11.8 Å². The average Bonchev–Trinajstić information content (AvgIpc) is 3.23. The molecule has 0 amide bonds. The van der Waals surface area contributed by atoms with Gasteiger partial charge in [0, 0.05) is 22.5 Å². The monoisotopic (exact) mass is 477 g/mol. The first-order chi connectivity index (χ1) is 15.3. The van der Waals surface area contributed by atoms with Gasteiger partial charge in [0.15, 0.2) is 0 Å². The van der Waals surface area contributed by atoms with E-state index in [1.807, 2.05) is 31.2 Å². The number of halogens is 1. The van der Waals surface area contributed by atoms with Gasteiger partial charge in [-0.1, -0.05) is 30.7 Å². The van der Waals surface area contributed by atoms with Gasteiger partial charge in [-0.2, -0.15) is 9.97 Å². The molecule has 4 rings (SSSR count). The normalized spacial score (nSPS) is 17.6. The molecule has 0 saturated carbocycles. The molecule has 0 aliphatic carbocycles. The lowest BCUT2D eigenvalue weighted by Gasteiger charge is -2.13. The number of aliphatic hydroxyl groups is 1. The van der Waals surface area contributed by atoms with Crippen LogP contribution in [0.2, 0.25) is 5.02 Å². The molecule has 170 valence electrons. The molecule has 1 aromatic carbocycles. The van der Waals surface area contributed by atoms with Gasteiger partial charge in [-0.05, 0) is 30.2 Å². The van der Waals surface area contributed by atoms with Crippen LogP contribution in [0.5, 0.6) is 0 Å². The molecule has 1 aliphatic heterocycles. The van der Waals surface area contributed by atoms with Crippen molar-refractivity contribution in [2.24, 2.45) is 0 Å². The Kier molecular flexibility index (Phi) is 7.91. The van der Waals surface area contributed by atoms with Crippen molar-refractivity contribution in [1.29, 1.82) is 0 Å². The fourth-order valence-corrected chi connectivity index (χ4v) is 4.12. The summed E-state index contributed by atoms with van der Waals surface area (Å²) in [6, 6.07) is 8.96. The number of aryl methyl sites for hydroxylation is 1. The predicted molar refractivity (Wildman–Crippen MR) is 127 cm³/mol. The summed E-state index contributed by atoms with van der Waals surface area (Å²) in [6.07, 6.45) is 1.93. The van der Waals surface area contributed by atoms with E-state index in [4.69, 9.17) is 38.6 Å². The Labute approximate surface area is 193 Å². The van der Waals surface area contributed by atoms with E-state index in [9.17, 15) is 4.79 Å². The number of thioether (sulfide) groups is 1. The van der Waals surface area contributed by atoms with Crippen molar-refractivity contribution in [3.63, 3.8) is 0 Å². The number of nitrogens with zero attached hydrogens (tertiary/aromatic N) is 4. The largest absolute Gasteiger partial charge is 0.393 e. The first-order valence-corrected chi connectivity index (χ1v) is 11.2. The van der Waals surface area contributed by atoms with E-state index in [1.54, 1.807) is 12.3 Å².